The molecule has 0 bridgehead atoms. The molecule has 1 aliphatic carbocycles. The van der Waals surface area contributed by atoms with Crippen LogP contribution >= 0.6 is 0 Å². The van der Waals surface area contributed by atoms with Gasteiger partial charge in [-0.25, -0.2) is 4.98 Å². The molecule has 3 aliphatic rings. The van der Waals surface area contributed by atoms with Crippen LogP contribution in [0.1, 0.15) is 37.3 Å². The number of hydrogen-bond donors (Lipinski definition) is 0. The number of oxazole rings is 1. The number of amides is 1. The molecule has 0 N–H and O–H groups in total. The first-order valence-electron chi connectivity index (χ1n) is 9.43. The average Bonchev–Trinajstić information content (AvgIpc) is 3.46. The lowest BCUT2D eigenvalue weighted by Crippen LogP contribution is -2.55. The lowest BCUT2D eigenvalue weighted by atomic mass is 10.2. The normalized spacial score (nSPS) is 22.9. The van der Waals surface area contributed by atoms with E-state index in [4.69, 9.17) is 9.15 Å². The van der Waals surface area contributed by atoms with Gasteiger partial charge in [-0.05, 0) is 19.8 Å². The predicted octanol–water partition coefficient (Wildman–Crippen LogP) is 0.793. The number of anilines is 1. The average molecular weight is 359 g/mol. The van der Waals surface area contributed by atoms with Gasteiger partial charge in [-0.1, -0.05) is 0 Å². The number of nitrogens with zero attached hydrogens (tertiary/aromatic N) is 5. The molecule has 8 heteroatoms. The van der Waals surface area contributed by atoms with Crippen LogP contribution in [0.3, 0.4) is 0 Å². The Kier molecular flexibility index (Phi) is 4.83. The molecule has 2 saturated heterocycles. The highest BCUT2D eigenvalue weighted by Crippen LogP contribution is 2.41. The van der Waals surface area contributed by atoms with Crippen LogP contribution in [0.15, 0.2) is 4.42 Å². The van der Waals surface area contributed by atoms with Gasteiger partial charge in [0.1, 0.15) is 6.07 Å². The van der Waals surface area contributed by atoms with E-state index in [1.807, 2.05) is 16.7 Å². The van der Waals surface area contributed by atoms with Crippen molar-refractivity contribution in [2.24, 2.45) is 0 Å². The quantitative estimate of drug-likeness (QED) is 0.786. The highest BCUT2D eigenvalue weighted by Gasteiger charge is 2.34. The van der Waals surface area contributed by atoms with E-state index < -0.39 is 0 Å². The molecule has 26 heavy (non-hydrogen) atoms. The van der Waals surface area contributed by atoms with Crippen molar-refractivity contribution in [3.8, 4) is 6.07 Å². The summed E-state index contributed by atoms with van der Waals surface area (Å²) in [4.78, 5) is 23.3. The fraction of sp³-hybridized carbons (Fsp3) is 0.722. The lowest BCUT2D eigenvalue weighted by Gasteiger charge is -2.38. The van der Waals surface area contributed by atoms with Crippen molar-refractivity contribution in [3.63, 3.8) is 0 Å². The maximum Gasteiger partial charge on any atom is 0.239 e. The molecule has 0 unspecified atom stereocenters. The zero-order valence-corrected chi connectivity index (χ0v) is 15.2. The third-order valence-electron chi connectivity index (χ3n) is 5.49. The summed E-state index contributed by atoms with van der Waals surface area (Å²) in [6.07, 6.45) is 2.18. The highest BCUT2D eigenvalue weighted by molar-refractivity contribution is 5.81. The Hall–Kier alpha value is -2.11. The van der Waals surface area contributed by atoms with Gasteiger partial charge in [0.15, 0.2) is 0 Å². The number of ether oxygens (including phenoxy) is 1. The van der Waals surface area contributed by atoms with Crippen LogP contribution < -0.4 is 4.90 Å². The van der Waals surface area contributed by atoms with Crippen LogP contribution in [0, 0.1) is 11.3 Å². The van der Waals surface area contributed by atoms with Gasteiger partial charge in [0, 0.05) is 45.2 Å². The second kappa shape index (κ2) is 7.25. The molecule has 1 saturated carbocycles. The Balaban J connectivity index is 1.36. The number of carbonyl (C=O) groups excluding carboxylic acids is 1. The van der Waals surface area contributed by atoms with Crippen LogP contribution in [-0.2, 0) is 9.53 Å². The maximum absolute atomic E-state index is 12.8. The predicted molar refractivity (Wildman–Crippen MR) is 93.8 cm³/mol. The monoisotopic (exact) mass is 359 g/mol. The minimum atomic E-state index is -0.119. The number of aromatic nitrogens is 1. The SMILES string of the molecule is C[C@@H](C(=O)N1CCN(c2oc(C3CC3)nc2C#N)CC1)N1CCOCC1. The highest BCUT2D eigenvalue weighted by atomic mass is 16.5. The van der Waals surface area contributed by atoms with Crippen molar-refractivity contribution in [2.75, 3.05) is 57.4 Å². The maximum atomic E-state index is 12.8. The molecule has 0 spiro atoms. The Morgan fingerprint density at radius 1 is 1.19 bits per heavy atom. The number of rotatable bonds is 4. The third kappa shape index (κ3) is 3.41. The van der Waals surface area contributed by atoms with Crippen molar-refractivity contribution in [3.05, 3.63) is 11.6 Å². The summed E-state index contributed by atoms with van der Waals surface area (Å²) >= 11 is 0. The first kappa shape index (κ1) is 17.3. The molecular formula is C18H25N5O3. The number of piperazine rings is 1. The van der Waals surface area contributed by atoms with Crippen molar-refractivity contribution >= 4 is 11.8 Å². The van der Waals surface area contributed by atoms with Crippen LogP contribution in [0.2, 0.25) is 0 Å². The lowest BCUT2D eigenvalue weighted by molar-refractivity contribution is -0.138. The zero-order chi connectivity index (χ0) is 18.1. The van der Waals surface area contributed by atoms with Gasteiger partial charge in [0.05, 0.1) is 19.3 Å². The van der Waals surface area contributed by atoms with E-state index in [2.05, 4.69) is 16.0 Å². The molecule has 1 amide bonds. The van der Waals surface area contributed by atoms with Crippen molar-refractivity contribution < 1.29 is 13.9 Å². The summed E-state index contributed by atoms with van der Waals surface area (Å²) in [6.45, 7) is 7.57. The molecule has 140 valence electrons. The molecule has 1 aromatic heterocycles. The molecule has 4 rings (SSSR count). The molecule has 1 atom stereocenters. The number of carbonyl (C=O) groups is 1. The molecule has 0 radical (unpaired) electrons. The van der Waals surface area contributed by atoms with E-state index in [1.54, 1.807) is 0 Å². The van der Waals surface area contributed by atoms with Crippen molar-refractivity contribution in [2.45, 2.75) is 31.7 Å². The van der Waals surface area contributed by atoms with Gasteiger partial charge in [-0.15, -0.1) is 0 Å². The summed E-state index contributed by atoms with van der Waals surface area (Å²) < 4.78 is 11.2. The van der Waals surface area contributed by atoms with Gasteiger partial charge in [0.2, 0.25) is 23.4 Å². The molecular weight excluding hydrogens is 334 g/mol. The number of morpholine rings is 1. The topological polar surface area (TPSA) is 85.8 Å². The fourth-order valence-corrected chi connectivity index (χ4v) is 3.64. The van der Waals surface area contributed by atoms with E-state index in [0.29, 0.717) is 62.8 Å². The van der Waals surface area contributed by atoms with Gasteiger partial charge in [-0.2, -0.15) is 5.26 Å². The first-order valence-corrected chi connectivity index (χ1v) is 9.43. The minimum absolute atomic E-state index is 0.119. The van der Waals surface area contributed by atoms with Gasteiger partial charge in [0.25, 0.3) is 0 Å². The molecule has 1 aromatic rings. The van der Waals surface area contributed by atoms with E-state index in [9.17, 15) is 10.1 Å². The van der Waals surface area contributed by atoms with Gasteiger partial charge in [-0.3, -0.25) is 9.69 Å². The Labute approximate surface area is 153 Å². The van der Waals surface area contributed by atoms with Gasteiger partial charge < -0.3 is 19.0 Å². The van der Waals surface area contributed by atoms with Crippen LogP contribution in [0.4, 0.5) is 5.88 Å². The second-order valence-electron chi connectivity index (χ2n) is 7.23. The van der Waals surface area contributed by atoms with Crippen LogP contribution in [-0.4, -0.2) is 79.2 Å². The van der Waals surface area contributed by atoms with E-state index in [1.165, 1.54) is 0 Å². The Morgan fingerprint density at radius 2 is 1.88 bits per heavy atom. The fourth-order valence-electron chi connectivity index (χ4n) is 3.64. The van der Waals surface area contributed by atoms with Crippen molar-refractivity contribution in [1.82, 2.24) is 14.8 Å². The van der Waals surface area contributed by atoms with E-state index in [0.717, 1.165) is 25.9 Å². The smallest absolute Gasteiger partial charge is 0.239 e. The summed E-state index contributed by atoms with van der Waals surface area (Å²) in [7, 11) is 0. The largest absolute Gasteiger partial charge is 0.423 e. The zero-order valence-electron chi connectivity index (χ0n) is 15.2. The summed E-state index contributed by atoms with van der Waals surface area (Å²) in [5.74, 6) is 1.81. The molecule has 3 heterocycles. The molecule has 2 aliphatic heterocycles. The first-order chi connectivity index (χ1) is 12.7. The van der Waals surface area contributed by atoms with E-state index >= 15 is 0 Å². The van der Waals surface area contributed by atoms with Crippen LogP contribution in [0.5, 0.6) is 0 Å². The van der Waals surface area contributed by atoms with Crippen LogP contribution in [0.25, 0.3) is 0 Å². The minimum Gasteiger partial charge on any atom is -0.423 e. The molecule has 8 nitrogen and oxygen atoms in total. The Bertz CT molecular complexity index is 694. The van der Waals surface area contributed by atoms with E-state index in [-0.39, 0.29) is 11.9 Å². The van der Waals surface area contributed by atoms with Gasteiger partial charge >= 0.3 is 0 Å². The van der Waals surface area contributed by atoms with Crippen molar-refractivity contribution in [1.29, 1.82) is 5.26 Å². The standard InChI is InChI=1S/C18H25N5O3/c1-13(21-8-10-25-11-9-21)17(24)22-4-6-23(7-5-22)18-15(12-19)20-16(26-18)14-2-3-14/h13-14H,2-11H2,1H3/t13-/m0/s1. The molecule has 0 aromatic carbocycles. The number of nitriles is 1. The summed E-state index contributed by atoms with van der Waals surface area (Å²) in [5.41, 5.74) is 0.369. The summed E-state index contributed by atoms with van der Waals surface area (Å²) in [6, 6.07) is 2.03. The summed E-state index contributed by atoms with van der Waals surface area (Å²) in [5, 5.41) is 9.34. The third-order valence-corrected chi connectivity index (χ3v) is 5.49. The Morgan fingerprint density at radius 3 is 2.50 bits per heavy atom. The number of hydrogen-bond acceptors (Lipinski definition) is 7. The second-order valence-corrected chi connectivity index (χ2v) is 7.23. The molecule has 3 fully saturated rings.